The van der Waals surface area contributed by atoms with E-state index >= 15 is 0 Å². The van der Waals surface area contributed by atoms with E-state index in [0.29, 0.717) is 0 Å². The molecule has 16 heavy (non-hydrogen) atoms. The molecule has 2 nitrogen and oxygen atoms in total. The topological polar surface area (TPSA) is 26.3 Å². The number of carbonyl (C=O) groups is 1. The van der Waals surface area contributed by atoms with Crippen LogP contribution in [0.15, 0.2) is 29.2 Å². The maximum atomic E-state index is 12.2. The van der Waals surface area contributed by atoms with E-state index in [4.69, 9.17) is 4.74 Å². The summed E-state index contributed by atoms with van der Waals surface area (Å²) in [4.78, 5) is 13.3. The molecule has 0 radical (unpaired) electrons. The van der Waals surface area contributed by atoms with Crippen LogP contribution in [-0.4, -0.2) is 24.7 Å². The molecule has 1 saturated heterocycles. The van der Waals surface area contributed by atoms with Crippen molar-refractivity contribution in [2.24, 2.45) is 0 Å². The molecule has 1 unspecified atom stereocenters. The predicted octanol–water partition coefficient (Wildman–Crippen LogP) is 3.16. The van der Waals surface area contributed by atoms with Gasteiger partial charge < -0.3 is 4.74 Å². The first-order chi connectivity index (χ1) is 7.83. The summed E-state index contributed by atoms with van der Waals surface area (Å²) in [6, 6.07) is 7.76. The van der Waals surface area contributed by atoms with E-state index in [1.165, 1.54) is 0 Å². The lowest BCUT2D eigenvalue weighted by Crippen LogP contribution is -2.28. The smallest absolute Gasteiger partial charge is 0.192 e. The number of ketones is 1. The van der Waals surface area contributed by atoms with Crippen molar-refractivity contribution in [1.82, 2.24) is 0 Å². The Balaban J connectivity index is 2.19. The van der Waals surface area contributed by atoms with Crippen molar-refractivity contribution in [3.8, 4) is 0 Å². The molecule has 1 fully saturated rings. The van der Waals surface area contributed by atoms with Crippen molar-refractivity contribution in [2.45, 2.75) is 30.3 Å². The van der Waals surface area contributed by atoms with Crippen molar-refractivity contribution < 1.29 is 9.53 Å². The minimum atomic E-state index is -0.220. The van der Waals surface area contributed by atoms with Gasteiger partial charge in [-0.05, 0) is 31.6 Å². The van der Waals surface area contributed by atoms with Crippen molar-refractivity contribution in [3.63, 3.8) is 0 Å². The number of ether oxygens (including phenoxy) is 1. The summed E-state index contributed by atoms with van der Waals surface area (Å²) < 4.78 is 5.53. The van der Waals surface area contributed by atoms with Gasteiger partial charge in [0.2, 0.25) is 0 Å². The van der Waals surface area contributed by atoms with Crippen LogP contribution < -0.4 is 0 Å². The van der Waals surface area contributed by atoms with Crippen molar-refractivity contribution in [1.29, 1.82) is 0 Å². The highest BCUT2D eigenvalue weighted by Crippen LogP contribution is 2.24. The Kier molecular flexibility index (Phi) is 4.02. The van der Waals surface area contributed by atoms with Gasteiger partial charge in [0, 0.05) is 17.1 Å². The summed E-state index contributed by atoms with van der Waals surface area (Å²) in [5.41, 5.74) is 0.807. The lowest BCUT2D eigenvalue weighted by atomic mass is 10.00. The normalized spacial score (nSPS) is 20.7. The highest BCUT2D eigenvalue weighted by atomic mass is 32.2. The first-order valence-electron chi connectivity index (χ1n) is 5.62. The molecule has 1 aromatic carbocycles. The van der Waals surface area contributed by atoms with Crippen LogP contribution in [0.2, 0.25) is 0 Å². The maximum absolute atomic E-state index is 12.2. The van der Waals surface area contributed by atoms with Gasteiger partial charge in [-0.15, -0.1) is 11.8 Å². The first kappa shape index (κ1) is 11.7. The lowest BCUT2D eigenvalue weighted by Gasteiger charge is -2.22. The van der Waals surface area contributed by atoms with Gasteiger partial charge in [-0.25, -0.2) is 0 Å². The van der Waals surface area contributed by atoms with E-state index in [9.17, 15) is 4.79 Å². The molecule has 1 aromatic rings. The van der Waals surface area contributed by atoms with Gasteiger partial charge in [-0.3, -0.25) is 4.79 Å². The third kappa shape index (κ3) is 2.47. The summed E-state index contributed by atoms with van der Waals surface area (Å²) in [6.07, 6.45) is 4.81. The number of hydrogen-bond donors (Lipinski definition) is 0. The molecule has 1 atom stereocenters. The highest BCUT2D eigenvalue weighted by Gasteiger charge is 2.24. The number of hydrogen-bond acceptors (Lipinski definition) is 3. The number of benzene rings is 1. The summed E-state index contributed by atoms with van der Waals surface area (Å²) in [5, 5.41) is 0. The minimum absolute atomic E-state index is 0.143. The van der Waals surface area contributed by atoms with E-state index in [2.05, 4.69) is 0 Å². The lowest BCUT2D eigenvalue weighted by molar-refractivity contribution is 0.0184. The third-order valence-electron chi connectivity index (χ3n) is 2.84. The molecule has 0 saturated carbocycles. The van der Waals surface area contributed by atoms with Crippen LogP contribution >= 0.6 is 11.8 Å². The third-order valence-corrected chi connectivity index (χ3v) is 3.64. The molecule has 1 aliphatic heterocycles. The Bertz CT molecular complexity index is 370. The Morgan fingerprint density at radius 1 is 1.38 bits per heavy atom. The van der Waals surface area contributed by atoms with E-state index in [0.717, 1.165) is 36.3 Å². The van der Waals surface area contributed by atoms with Crippen molar-refractivity contribution >= 4 is 17.5 Å². The molecular formula is C13H16O2S. The zero-order chi connectivity index (χ0) is 11.4. The molecule has 3 heteroatoms. The van der Waals surface area contributed by atoms with E-state index in [1.54, 1.807) is 11.8 Å². The largest absolute Gasteiger partial charge is 0.370 e. The van der Waals surface area contributed by atoms with Gasteiger partial charge in [0.25, 0.3) is 0 Å². The van der Waals surface area contributed by atoms with E-state index in [-0.39, 0.29) is 11.9 Å². The highest BCUT2D eigenvalue weighted by molar-refractivity contribution is 7.98. The fraction of sp³-hybridized carbons (Fsp3) is 0.462. The molecule has 0 N–H and O–H groups in total. The van der Waals surface area contributed by atoms with Crippen LogP contribution in [0.25, 0.3) is 0 Å². The zero-order valence-electron chi connectivity index (χ0n) is 9.44. The summed E-state index contributed by atoms with van der Waals surface area (Å²) >= 11 is 1.61. The molecule has 0 amide bonds. The Morgan fingerprint density at radius 3 is 2.88 bits per heavy atom. The van der Waals surface area contributed by atoms with Crippen LogP contribution in [0.1, 0.15) is 29.6 Å². The second kappa shape index (κ2) is 5.51. The second-order valence-electron chi connectivity index (χ2n) is 3.92. The summed E-state index contributed by atoms with van der Waals surface area (Å²) in [7, 11) is 0. The molecule has 0 aliphatic carbocycles. The van der Waals surface area contributed by atoms with Crippen molar-refractivity contribution in [3.05, 3.63) is 29.8 Å². The molecule has 1 heterocycles. The summed E-state index contributed by atoms with van der Waals surface area (Å²) in [6.45, 7) is 0.720. The minimum Gasteiger partial charge on any atom is -0.370 e. The van der Waals surface area contributed by atoms with E-state index < -0.39 is 0 Å². The summed E-state index contributed by atoms with van der Waals surface area (Å²) in [5.74, 6) is 0.143. The van der Waals surface area contributed by atoms with E-state index in [1.807, 2.05) is 30.5 Å². The Morgan fingerprint density at radius 2 is 2.19 bits per heavy atom. The molecule has 0 bridgehead atoms. The quantitative estimate of drug-likeness (QED) is 0.595. The molecule has 0 spiro atoms. The van der Waals surface area contributed by atoms with Crippen LogP contribution in [0.3, 0.4) is 0 Å². The molecule has 0 aromatic heterocycles. The average Bonchev–Trinajstić information content (AvgIpc) is 2.39. The fourth-order valence-corrected chi connectivity index (χ4v) is 2.57. The van der Waals surface area contributed by atoms with Gasteiger partial charge in [-0.2, -0.15) is 0 Å². The second-order valence-corrected chi connectivity index (χ2v) is 4.77. The number of carbonyl (C=O) groups excluding carboxylic acids is 1. The van der Waals surface area contributed by atoms with Crippen LogP contribution in [-0.2, 0) is 4.74 Å². The zero-order valence-corrected chi connectivity index (χ0v) is 10.3. The van der Waals surface area contributed by atoms with Crippen LogP contribution in [0.5, 0.6) is 0 Å². The number of thioether (sulfide) groups is 1. The Labute approximate surface area is 100 Å². The number of Topliss-reactive ketones (excluding diaryl/α,β-unsaturated/α-hetero) is 1. The van der Waals surface area contributed by atoms with Gasteiger partial charge >= 0.3 is 0 Å². The maximum Gasteiger partial charge on any atom is 0.192 e. The fourth-order valence-electron chi connectivity index (χ4n) is 1.97. The van der Waals surface area contributed by atoms with Crippen LogP contribution in [0.4, 0.5) is 0 Å². The standard InChI is InChI=1S/C13H16O2S/c1-16-12-8-3-2-6-10(12)13(14)11-7-4-5-9-15-11/h2-3,6,8,11H,4-5,7,9H2,1H3. The molecule has 86 valence electrons. The molecule has 1 aliphatic rings. The average molecular weight is 236 g/mol. The van der Waals surface area contributed by atoms with Crippen LogP contribution in [0, 0.1) is 0 Å². The monoisotopic (exact) mass is 236 g/mol. The van der Waals surface area contributed by atoms with Gasteiger partial charge in [0.05, 0.1) is 0 Å². The SMILES string of the molecule is CSc1ccccc1C(=O)C1CCCCO1. The molecular weight excluding hydrogens is 220 g/mol. The first-order valence-corrected chi connectivity index (χ1v) is 6.84. The van der Waals surface area contributed by atoms with Gasteiger partial charge in [0.1, 0.15) is 6.10 Å². The Hall–Kier alpha value is -0.800. The van der Waals surface area contributed by atoms with Gasteiger partial charge in [0.15, 0.2) is 5.78 Å². The predicted molar refractivity (Wildman–Crippen MR) is 66.1 cm³/mol. The number of rotatable bonds is 3. The molecule has 2 rings (SSSR count). The van der Waals surface area contributed by atoms with Crippen molar-refractivity contribution in [2.75, 3.05) is 12.9 Å². The van der Waals surface area contributed by atoms with Gasteiger partial charge in [-0.1, -0.05) is 18.2 Å².